The van der Waals surface area contributed by atoms with Crippen molar-refractivity contribution in [3.8, 4) is 5.75 Å². The van der Waals surface area contributed by atoms with Crippen molar-refractivity contribution >= 4 is 16.1 Å². The van der Waals surface area contributed by atoms with Crippen molar-refractivity contribution in [2.24, 2.45) is 5.92 Å². The third kappa shape index (κ3) is 3.20. The van der Waals surface area contributed by atoms with E-state index < -0.39 is 9.84 Å². The number of carbonyl (C=O) groups is 1. The molecule has 0 radical (unpaired) electrons. The second kappa shape index (κ2) is 5.95. The normalized spacial score (nSPS) is 23.3. The van der Waals surface area contributed by atoms with E-state index in [2.05, 4.69) is 0 Å². The van der Waals surface area contributed by atoms with Gasteiger partial charge < -0.3 is 9.53 Å². The highest BCUT2D eigenvalue weighted by Crippen LogP contribution is 2.37. The van der Waals surface area contributed by atoms with E-state index in [9.17, 15) is 13.2 Å². The van der Waals surface area contributed by atoms with Crippen LogP contribution in [0.3, 0.4) is 0 Å². The van der Waals surface area contributed by atoms with Crippen LogP contribution in [-0.4, -0.2) is 28.1 Å². The predicted molar refractivity (Wildman–Crippen MR) is 76.9 cm³/mol. The maximum absolute atomic E-state index is 11.8. The summed E-state index contributed by atoms with van der Waals surface area (Å²) in [7, 11) is -1.83. The molecule has 0 bridgehead atoms. The maximum atomic E-state index is 11.8. The number of carbonyl (C=O) groups excluding carboxylic acids is 1. The van der Waals surface area contributed by atoms with Gasteiger partial charge in [0.2, 0.25) is 0 Å². The van der Waals surface area contributed by atoms with E-state index >= 15 is 0 Å². The van der Waals surface area contributed by atoms with Crippen molar-refractivity contribution in [3.63, 3.8) is 0 Å². The summed E-state index contributed by atoms with van der Waals surface area (Å²) >= 11 is 0. The van der Waals surface area contributed by atoms with Gasteiger partial charge in [0, 0.05) is 12.2 Å². The summed E-state index contributed by atoms with van der Waals surface area (Å²) in [5.41, 5.74) is 1.02. The fourth-order valence-electron chi connectivity index (χ4n) is 2.83. The van der Waals surface area contributed by atoms with Gasteiger partial charge in [-0.2, -0.15) is 0 Å². The lowest BCUT2D eigenvalue weighted by molar-refractivity contribution is -0.111. The number of sulfone groups is 1. The highest BCUT2D eigenvalue weighted by Gasteiger charge is 2.24. The summed E-state index contributed by atoms with van der Waals surface area (Å²) in [6.45, 7) is 0. The molecule has 5 heteroatoms. The van der Waals surface area contributed by atoms with Gasteiger partial charge in [0.1, 0.15) is 16.9 Å². The van der Waals surface area contributed by atoms with E-state index in [1.165, 1.54) is 13.4 Å². The molecule has 0 amide bonds. The maximum Gasteiger partial charge on any atom is 0.179 e. The molecular weight excluding hydrogens is 276 g/mol. The second-order valence-corrected chi connectivity index (χ2v) is 7.41. The van der Waals surface area contributed by atoms with Gasteiger partial charge in [-0.05, 0) is 49.3 Å². The van der Waals surface area contributed by atoms with Crippen LogP contribution in [0.4, 0.5) is 0 Å². The Hall–Kier alpha value is -1.36. The van der Waals surface area contributed by atoms with Crippen LogP contribution in [0.1, 0.15) is 37.2 Å². The lowest BCUT2D eigenvalue weighted by atomic mass is 9.79. The van der Waals surface area contributed by atoms with Gasteiger partial charge in [-0.1, -0.05) is 6.07 Å². The lowest BCUT2D eigenvalue weighted by Gasteiger charge is -2.26. The van der Waals surface area contributed by atoms with Gasteiger partial charge in [0.25, 0.3) is 0 Å². The average molecular weight is 296 g/mol. The Morgan fingerprint density at radius 3 is 2.35 bits per heavy atom. The van der Waals surface area contributed by atoms with Crippen LogP contribution in [0.15, 0.2) is 23.1 Å². The summed E-state index contributed by atoms with van der Waals surface area (Å²) in [4.78, 5) is 11.0. The zero-order valence-electron chi connectivity index (χ0n) is 11.8. The number of hydrogen-bond acceptors (Lipinski definition) is 4. The van der Waals surface area contributed by atoms with Crippen LogP contribution in [0.2, 0.25) is 0 Å². The Balaban J connectivity index is 2.28. The molecule has 0 aromatic heterocycles. The molecule has 1 saturated carbocycles. The molecule has 0 aliphatic heterocycles. The van der Waals surface area contributed by atoms with Crippen molar-refractivity contribution in [1.82, 2.24) is 0 Å². The van der Waals surface area contributed by atoms with Crippen LogP contribution in [0.5, 0.6) is 5.75 Å². The van der Waals surface area contributed by atoms with Crippen molar-refractivity contribution in [1.29, 1.82) is 0 Å². The number of rotatable bonds is 4. The van der Waals surface area contributed by atoms with Crippen LogP contribution < -0.4 is 4.74 Å². The fraction of sp³-hybridized carbons (Fsp3) is 0.533. The smallest absolute Gasteiger partial charge is 0.179 e. The minimum atomic E-state index is -3.30. The van der Waals surface area contributed by atoms with Crippen molar-refractivity contribution in [2.45, 2.75) is 36.5 Å². The molecular formula is C15H20O4S. The standard InChI is InChI=1S/C15H20O4S/c1-19-14-8-7-13(9-15(14)20(2,17)18)12-5-3-11(10-16)4-6-12/h7-12H,3-6H2,1-2H3/t11-,12-. The third-order valence-corrected chi connectivity index (χ3v) is 5.14. The van der Waals surface area contributed by atoms with E-state index in [4.69, 9.17) is 4.74 Å². The second-order valence-electron chi connectivity index (χ2n) is 5.43. The van der Waals surface area contributed by atoms with E-state index in [0.717, 1.165) is 37.5 Å². The van der Waals surface area contributed by atoms with Crippen molar-refractivity contribution < 1.29 is 17.9 Å². The summed E-state index contributed by atoms with van der Waals surface area (Å²) in [5, 5.41) is 0. The summed E-state index contributed by atoms with van der Waals surface area (Å²) in [6.07, 6.45) is 5.85. The molecule has 1 aromatic carbocycles. The number of hydrogen-bond donors (Lipinski definition) is 0. The van der Waals surface area contributed by atoms with Crippen molar-refractivity contribution in [3.05, 3.63) is 23.8 Å². The Labute approximate surface area is 120 Å². The van der Waals surface area contributed by atoms with Gasteiger partial charge >= 0.3 is 0 Å². The van der Waals surface area contributed by atoms with E-state index in [0.29, 0.717) is 11.7 Å². The molecule has 1 aliphatic rings. The molecule has 4 nitrogen and oxygen atoms in total. The first kappa shape index (κ1) is 15.0. The van der Waals surface area contributed by atoms with Gasteiger partial charge in [0.05, 0.1) is 7.11 Å². The molecule has 0 heterocycles. The number of ether oxygens (including phenoxy) is 1. The summed E-state index contributed by atoms with van der Waals surface area (Å²) in [5.74, 6) is 0.884. The first-order valence-electron chi connectivity index (χ1n) is 6.79. The highest BCUT2D eigenvalue weighted by atomic mass is 32.2. The quantitative estimate of drug-likeness (QED) is 0.801. The van der Waals surface area contributed by atoms with Gasteiger partial charge in [-0.15, -0.1) is 0 Å². The number of methoxy groups -OCH3 is 1. The summed E-state index contributed by atoms with van der Waals surface area (Å²) < 4.78 is 28.8. The van der Waals surface area contributed by atoms with Crippen LogP contribution in [-0.2, 0) is 14.6 Å². The monoisotopic (exact) mass is 296 g/mol. The Morgan fingerprint density at radius 1 is 1.20 bits per heavy atom. The van der Waals surface area contributed by atoms with Crippen LogP contribution in [0, 0.1) is 5.92 Å². The SMILES string of the molecule is COc1ccc([C@H]2CC[C@H](C=O)CC2)cc1S(C)(=O)=O. The van der Waals surface area contributed by atoms with Gasteiger partial charge in [-0.25, -0.2) is 8.42 Å². The first-order chi connectivity index (χ1) is 9.45. The Bertz CT molecular complexity index is 584. The largest absolute Gasteiger partial charge is 0.495 e. The van der Waals surface area contributed by atoms with Gasteiger partial charge in [-0.3, -0.25) is 0 Å². The molecule has 0 N–H and O–H groups in total. The molecule has 110 valence electrons. The number of aldehydes is 1. The molecule has 0 saturated heterocycles. The van der Waals surface area contributed by atoms with E-state index in [1.54, 1.807) is 12.1 Å². The van der Waals surface area contributed by atoms with Crippen LogP contribution >= 0.6 is 0 Å². The lowest BCUT2D eigenvalue weighted by Crippen LogP contribution is -2.14. The van der Waals surface area contributed by atoms with E-state index in [-0.39, 0.29) is 10.8 Å². The third-order valence-electron chi connectivity index (χ3n) is 4.02. The Morgan fingerprint density at radius 2 is 1.85 bits per heavy atom. The molecule has 2 rings (SSSR count). The number of benzene rings is 1. The average Bonchev–Trinajstić information content (AvgIpc) is 2.46. The topological polar surface area (TPSA) is 60.4 Å². The van der Waals surface area contributed by atoms with Crippen LogP contribution in [0.25, 0.3) is 0 Å². The zero-order valence-corrected chi connectivity index (χ0v) is 12.7. The fourth-order valence-corrected chi connectivity index (χ4v) is 3.69. The molecule has 0 atom stereocenters. The highest BCUT2D eigenvalue weighted by molar-refractivity contribution is 7.90. The molecule has 1 aromatic rings. The summed E-state index contributed by atoms with van der Waals surface area (Å²) in [6, 6.07) is 5.37. The predicted octanol–water partition coefficient (Wildman–Crippen LogP) is 2.57. The molecule has 0 unspecified atom stereocenters. The Kier molecular flexibility index (Phi) is 4.48. The van der Waals surface area contributed by atoms with Gasteiger partial charge in [0.15, 0.2) is 9.84 Å². The first-order valence-corrected chi connectivity index (χ1v) is 8.68. The molecule has 1 fully saturated rings. The minimum Gasteiger partial charge on any atom is -0.495 e. The molecule has 20 heavy (non-hydrogen) atoms. The van der Waals surface area contributed by atoms with Crippen molar-refractivity contribution in [2.75, 3.05) is 13.4 Å². The minimum absolute atomic E-state index is 0.166. The zero-order chi connectivity index (χ0) is 14.8. The molecule has 1 aliphatic carbocycles. The van der Waals surface area contributed by atoms with E-state index in [1.807, 2.05) is 6.07 Å². The molecule has 0 spiro atoms.